The van der Waals surface area contributed by atoms with E-state index < -0.39 is 0 Å². The highest BCUT2D eigenvalue weighted by Crippen LogP contribution is 2.30. The second-order valence-electron chi connectivity index (χ2n) is 6.62. The standard InChI is InChI=1S/C22H28O2/c1-4-6-16-22(3,5-2)21(23)17-24-20-14-12-19(13-15-20)18-10-8-7-9-11-18/h7-15H,4-6,16-17H2,1-3H3. The maximum Gasteiger partial charge on any atom is 0.176 e. The van der Waals surface area contributed by atoms with Gasteiger partial charge in [0.2, 0.25) is 0 Å². The smallest absolute Gasteiger partial charge is 0.176 e. The molecule has 2 aromatic carbocycles. The molecule has 1 atom stereocenters. The first kappa shape index (κ1) is 18.3. The van der Waals surface area contributed by atoms with Crippen LogP contribution in [0.5, 0.6) is 5.75 Å². The van der Waals surface area contributed by atoms with Crippen molar-refractivity contribution in [1.29, 1.82) is 0 Å². The molecule has 2 rings (SSSR count). The van der Waals surface area contributed by atoms with Crippen molar-refractivity contribution in [2.24, 2.45) is 5.41 Å². The van der Waals surface area contributed by atoms with E-state index in [1.807, 2.05) is 42.5 Å². The second kappa shape index (κ2) is 8.68. The lowest BCUT2D eigenvalue weighted by Gasteiger charge is -2.26. The van der Waals surface area contributed by atoms with Crippen LogP contribution in [0.1, 0.15) is 46.5 Å². The maximum absolute atomic E-state index is 12.5. The van der Waals surface area contributed by atoms with E-state index in [9.17, 15) is 4.79 Å². The number of unbranched alkanes of at least 4 members (excludes halogenated alkanes) is 1. The molecule has 0 saturated heterocycles. The molecule has 0 amide bonds. The molecule has 24 heavy (non-hydrogen) atoms. The van der Waals surface area contributed by atoms with Gasteiger partial charge in [-0.15, -0.1) is 0 Å². The van der Waals surface area contributed by atoms with Crippen molar-refractivity contribution >= 4 is 5.78 Å². The quantitative estimate of drug-likeness (QED) is 0.573. The summed E-state index contributed by atoms with van der Waals surface area (Å²) in [6.07, 6.45) is 4.00. The first-order valence-electron chi connectivity index (χ1n) is 8.90. The van der Waals surface area contributed by atoms with E-state index in [-0.39, 0.29) is 17.8 Å². The first-order chi connectivity index (χ1) is 11.6. The van der Waals surface area contributed by atoms with Gasteiger partial charge in [0.15, 0.2) is 5.78 Å². The Morgan fingerprint density at radius 3 is 2.17 bits per heavy atom. The van der Waals surface area contributed by atoms with E-state index in [4.69, 9.17) is 4.74 Å². The Morgan fingerprint density at radius 1 is 0.958 bits per heavy atom. The van der Waals surface area contributed by atoms with Crippen molar-refractivity contribution in [2.45, 2.75) is 46.5 Å². The Kier molecular flexibility index (Phi) is 6.60. The molecule has 0 heterocycles. The number of benzene rings is 2. The fourth-order valence-corrected chi connectivity index (χ4v) is 2.78. The lowest BCUT2D eigenvalue weighted by Crippen LogP contribution is -2.31. The summed E-state index contributed by atoms with van der Waals surface area (Å²) in [4.78, 5) is 12.5. The second-order valence-corrected chi connectivity index (χ2v) is 6.62. The van der Waals surface area contributed by atoms with E-state index in [1.165, 1.54) is 5.56 Å². The van der Waals surface area contributed by atoms with Crippen LogP contribution in [0.25, 0.3) is 11.1 Å². The number of ether oxygens (including phenoxy) is 1. The Bertz CT molecular complexity index is 631. The monoisotopic (exact) mass is 324 g/mol. The highest BCUT2D eigenvalue weighted by molar-refractivity contribution is 5.85. The summed E-state index contributed by atoms with van der Waals surface area (Å²) in [6, 6.07) is 18.2. The Balaban J connectivity index is 1.95. The SMILES string of the molecule is CCCCC(C)(CC)C(=O)COc1ccc(-c2ccccc2)cc1. The molecular formula is C22H28O2. The topological polar surface area (TPSA) is 26.3 Å². The average molecular weight is 324 g/mol. The summed E-state index contributed by atoms with van der Waals surface area (Å²) in [5.41, 5.74) is 2.06. The summed E-state index contributed by atoms with van der Waals surface area (Å²) in [5.74, 6) is 0.947. The highest BCUT2D eigenvalue weighted by Gasteiger charge is 2.30. The summed E-state index contributed by atoms with van der Waals surface area (Å²) in [7, 11) is 0. The number of hydrogen-bond acceptors (Lipinski definition) is 2. The van der Waals surface area contributed by atoms with Crippen LogP contribution in [-0.4, -0.2) is 12.4 Å². The summed E-state index contributed by atoms with van der Waals surface area (Å²) < 4.78 is 5.74. The summed E-state index contributed by atoms with van der Waals surface area (Å²) in [6.45, 7) is 6.46. The molecule has 0 aliphatic carbocycles. The molecule has 0 N–H and O–H groups in total. The van der Waals surface area contributed by atoms with E-state index in [2.05, 4.69) is 32.9 Å². The minimum atomic E-state index is -0.264. The Morgan fingerprint density at radius 2 is 1.58 bits per heavy atom. The molecule has 0 bridgehead atoms. The third-order valence-electron chi connectivity index (χ3n) is 4.87. The van der Waals surface area contributed by atoms with Gasteiger partial charge in [0.05, 0.1) is 0 Å². The van der Waals surface area contributed by atoms with Gasteiger partial charge in [-0.3, -0.25) is 4.79 Å². The molecule has 2 heteroatoms. The van der Waals surface area contributed by atoms with E-state index in [1.54, 1.807) is 0 Å². The van der Waals surface area contributed by atoms with Crippen molar-refractivity contribution in [1.82, 2.24) is 0 Å². The van der Waals surface area contributed by atoms with Gasteiger partial charge in [-0.2, -0.15) is 0 Å². The molecule has 0 aromatic heterocycles. The van der Waals surface area contributed by atoms with Crippen molar-refractivity contribution < 1.29 is 9.53 Å². The van der Waals surface area contributed by atoms with Gasteiger partial charge < -0.3 is 4.74 Å². The largest absolute Gasteiger partial charge is 0.486 e. The van der Waals surface area contributed by atoms with Crippen LogP contribution < -0.4 is 4.74 Å². The predicted octanol–water partition coefficient (Wildman–Crippen LogP) is 5.91. The van der Waals surface area contributed by atoms with Gasteiger partial charge in [0, 0.05) is 5.41 Å². The van der Waals surface area contributed by atoms with Crippen LogP contribution in [-0.2, 0) is 4.79 Å². The molecule has 2 nitrogen and oxygen atoms in total. The molecule has 0 spiro atoms. The summed E-state index contributed by atoms with van der Waals surface area (Å²) >= 11 is 0. The molecule has 0 aliphatic rings. The number of hydrogen-bond donors (Lipinski definition) is 0. The first-order valence-corrected chi connectivity index (χ1v) is 8.90. The summed E-state index contributed by atoms with van der Waals surface area (Å²) in [5, 5.41) is 0. The number of carbonyl (C=O) groups excluding carboxylic acids is 1. The van der Waals surface area contributed by atoms with Gasteiger partial charge in [0.25, 0.3) is 0 Å². The van der Waals surface area contributed by atoms with Crippen molar-refractivity contribution in [3.8, 4) is 16.9 Å². The van der Waals surface area contributed by atoms with E-state index in [0.29, 0.717) is 0 Å². The number of rotatable bonds is 9. The Hall–Kier alpha value is -2.09. The molecular weight excluding hydrogens is 296 g/mol. The van der Waals surface area contributed by atoms with E-state index in [0.717, 1.165) is 37.0 Å². The molecule has 0 radical (unpaired) electrons. The fraction of sp³-hybridized carbons (Fsp3) is 0.409. The van der Waals surface area contributed by atoms with Crippen LogP contribution in [0.3, 0.4) is 0 Å². The van der Waals surface area contributed by atoms with Crippen LogP contribution >= 0.6 is 0 Å². The van der Waals surface area contributed by atoms with Gasteiger partial charge in [-0.05, 0) is 36.1 Å². The zero-order chi connectivity index (χ0) is 17.4. The number of Topliss-reactive ketones (excluding diaryl/α,β-unsaturated/α-hetero) is 1. The van der Waals surface area contributed by atoms with Gasteiger partial charge in [-0.25, -0.2) is 0 Å². The lowest BCUT2D eigenvalue weighted by atomic mass is 9.78. The minimum Gasteiger partial charge on any atom is -0.486 e. The molecule has 0 fully saturated rings. The van der Waals surface area contributed by atoms with Crippen LogP contribution in [0, 0.1) is 5.41 Å². The van der Waals surface area contributed by atoms with Gasteiger partial charge in [-0.1, -0.05) is 76.1 Å². The zero-order valence-electron chi connectivity index (χ0n) is 15.0. The molecule has 2 aromatic rings. The molecule has 0 aliphatic heterocycles. The van der Waals surface area contributed by atoms with Gasteiger partial charge in [0.1, 0.15) is 12.4 Å². The molecule has 0 saturated carbocycles. The van der Waals surface area contributed by atoms with Crippen LogP contribution in [0.2, 0.25) is 0 Å². The fourth-order valence-electron chi connectivity index (χ4n) is 2.78. The van der Waals surface area contributed by atoms with Crippen LogP contribution in [0.15, 0.2) is 54.6 Å². The number of ketones is 1. The lowest BCUT2D eigenvalue weighted by molar-refractivity contribution is -0.130. The average Bonchev–Trinajstić information content (AvgIpc) is 2.65. The maximum atomic E-state index is 12.5. The normalized spacial score (nSPS) is 13.3. The Labute approximate surface area is 145 Å². The number of carbonyl (C=O) groups is 1. The molecule has 128 valence electrons. The van der Waals surface area contributed by atoms with Crippen molar-refractivity contribution in [3.05, 3.63) is 54.6 Å². The van der Waals surface area contributed by atoms with Crippen molar-refractivity contribution in [3.63, 3.8) is 0 Å². The third kappa shape index (κ3) is 4.70. The van der Waals surface area contributed by atoms with Gasteiger partial charge >= 0.3 is 0 Å². The third-order valence-corrected chi connectivity index (χ3v) is 4.87. The van der Waals surface area contributed by atoms with Crippen LogP contribution in [0.4, 0.5) is 0 Å². The predicted molar refractivity (Wildman–Crippen MR) is 100 cm³/mol. The zero-order valence-corrected chi connectivity index (χ0v) is 15.0. The van der Waals surface area contributed by atoms with E-state index >= 15 is 0 Å². The highest BCUT2D eigenvalue weighted by atomic mass is 16.5. The molecule has 1 unspecified atom stereocenters. The van der Waals surface area contributed by atoms with Crippen molar-refractivity contribution in [2.75, 3.05) is 6.61 Å². The minimum absolute atomic E-state index is 0.152.